The summed E-state index contributed by atoms with van der Waals surface area (Å²) in [6.07, 6.45) is 5.45. The van der Waals surface area contributed by atoms with Crippen LogP contribution in [-0.2, 0) is 25.9 Å². The Morgan fingerprint density at radius 3 is 2.26 bits per heavy atom. The van der Waals surface area contributed by atoms with Crippen LogP contribution in [0, 0.1) is 11.3 Å². The maximum absolute atomic E-state index is 10.2. The average Bonchev–Trinajstić information content (AvgIpc) is 2.90. The number of fused-ring (bicyclic) bond motifs is 1. The fourth-order valence-corrected chi connectivity index (χ4v) is 5.22. The molecule has 5 rings (SSSR count). The molecule has 34 heavy (non-hydrogen) atoms. The summed E-state index contributed by atoms with van der Waals surface area (Å²) in [6.45, 7) is 5.50. The van der Waals surface area contributed by atoms with Crippen molar-refractivity contribution in [2.24, 2.45) is 0 Å². The number of rotatable bonds is 7. The zero-order valence-electron chi connectivity index (χ0n) is 19.8. The third kappa shape index (κ3) is 5.08. The Hall–Kier alpha value is -3.36. The minimum Gasteiger partial charge on any atom is -0.369 e. The first-order valence-corrected chi connectivity index (χ1v) is 12.6. The van der Waals surface area contributed by atoms with E-state index < -0.39 is 0 Å². The van der Waals surface area contributed by atoms with Crippen LogP contribution in [0.3, 0.4) is 0 Å². The summed E-state index contributed by atoms with van der Waals surface area (Å²) in [5.74, 6) is 1.85. The van der Waals surface area contributed by atoms with Gasteiger partial charge in [-0.3, -0.25) is 4.90 Å². The molecule has 0 spiro atoms. The zero-order chi connectivity index (χ0) is 23.2. The van der Waals surface area contributed by atoms with Crippen molar-refractivity contribution in [2.75, 3.05) is 36.4 Å². The van der Waals surface area contributed by atoms with E-state index in [2.05, 4.69) is 81.8 Å². The van der Waals surface area contributed by atoms with Crippen LogP contribution in [0.4, 0.5) is 11.6 Å². The number of nitrogens with zero attached hydrogens (tertiary/aromatic N) is 4. The standard InChI is InChI=1S/C29H33N5/c30-20-26-25-15-19-33(21-24-12-6-2-7-13-24)22-27(25)28(31-16-14-23-10-4-1-5-11-23)32-29(26)34-17-8-3-9-18-34/h1-2,4-7,10-13H,3,8-9,14-19,21-22H2,(H,31,32). The normalized spacial score (nSPS) is 16.0. The predicted octanol–water partition coefficient (Wildman–Crippen LogP) is 5.16. The molecule has 2 aliphatic heterocycles. The van der Waals surface area contributed by atoms with Gasteiger partial charge in [-0.15, -0.1) is 0 Å². The molecule has 2 aromatic carbocycles. The zero-order valence-corrected chi connectivity index (χ0v) is 19.8. The van der Waals surface area contributed by atoms with E-state index in [1.54, 1.807) is 0 Å². The maximum atomic E-state index is 10.2. The Morgan fingerprint density at radius 2 is 1.56 bits per heavy atom. The molecule has 0 amide bonds. The Balaban J connectivity index is 1.44. The molecule has 3 aromatic rings. The van der Waals surface area contributed by atoms with Crippen molar-refractivity contribution in [1.82, 2.24) is 9.88 Å². The van der Waals surface area contributed by atoms with Gasteiger partial charge in [0.1, 0.15) is 17.7 Å². The van der Waals surface area contributed by atoms with Gasteiger partial charge in [-0.2, -0.15) is 5.26 Å². The summed E-state index contributed by atoms with van der Waals surface area (Å²) >= 11 is 0. The number of pyridine rings is 1. The highest BCUT2D eigenvalue weighted by Gasteiger charge is 2.28. The lowest BCUT2D eigenvalue weighted by Gasteiger charge is -2.34. The number of aromatic nitrogens is 1. The summed E-state index contributed by atoms with van der Waals surface area (Å²) in [5.41, 5.74) is 5.84. The van der Waals surface area contributed by atoms with E-state index in [0.29, 0.717) is 0 Å². The van der Waals surface area contributed by atoms with E-state index in [-0.39, 0.29) is 0 Å². The van der Waals surface area contributed by atoms with Crippen molar-refractivity contribution in [3.63, 3.8) is 0 Å². The fraction of sp³-hybridized carbons (Fsp3) is 0.379. The van der Waals surface area contributed by atoms with Crippen LogP contribution in [0.25, 0.3) is 0 Å². The number of piperidine rings is 1. The molecule has 2 aliphatic rings. The van der Waals surface area contributed by atoms with Crippen molar-refractivity contribution < 1.29 is 0 Å². The molecule has 1 N–H and O–H groups in total. The number of benzene rings is 2. The highest BCUT2D eigenvalue weighted by atomic mass is 15.2. The number of nitriles is 1. The van der Waals surface area contributed by atoms with Crippen molar-refractivity contribution in [3.8, 4) is 6.07 Å². The second kappa shape index (κ2) is 10.7. The largest absolute Gasteiger partial charge is 0.369 e. The SMILES string of the molecule is N#Cc1c(N2CCCCC2)nc(NCCc2ccccc2)c2c1CCN(Cc1ccccc1)C2. The van der Waals surface area contributed by atoms with E-state index in [9.17, 15) is 5.26 Å². The van der Waals surface area contributed by atoms with Gasteiger partial charge < -0.3 is 10.2 Å². The molecule has 1 aromatic heterocycles. The van der Waals surface area contributed by atoms with Crippen LogP contribution in [0.5, 0.6) is 0 Å². The lowest BCUT2D eigenvalue weighted by molar-refractivity contribution is 0.245. The van der Waals surface area contributed by atoms with Gasteiger partial charge in [0, 0.05) is 44.8 Å². The van der Waals surface area contributed by atoms with Crippen LogP contribution < -0.4 is 10.2 Å². The van der Waals surface area contributed by atoms with Gasteiger partial charge in [-0.1, -0.05) is 60.7 Å². The maximum Gasteiger partial charge on any atom is 0.149 e. The van der Waals surface area contributed by atoms with Gasteiger partial charge in [0.15, 0.2) is 0 Å². The quantitative estimate of drug-likeness (QED) is 0.538. The molecule has 0 bridgehead atoms. The molecular formula is C29H33N5. The van der Waals surface area contributed by atoms with Crippen LogP contribution in [0.2, 0.25) is 0 Å². The molecule has 5 nitrogen and oxygen atoms in total. The topological polar surface area (TPSA) is 55.2 Å². The summed E-state index contributed by atoms with van der Waals surface area (Å²) < 4.78 is 0. The average molecular weight is 452 g/mol. The van der Waals surface area contributed by atoms with Gasteiger partial charge in [0.2, 0.25) is 0 Å². The van der Waals surface area contributed by atoms with E-state index in [1.807, 2.05) is 0 Å². The lowest BCUT2D eigenvalue weighted by atomic mass is 9.94. The summed E-state index contributed by atoms with van der Waals surface area (Å²) in [4.78, 5) is 9.93. The Kier molecular flexibility index (Phi) is 7.07. The number of nitrogens with one attached hydrogen (secondary N) is 1. The minimum absolute atomic E-state index is 0.796. The molecule has 1 fully saturated rings. The number of anilines is 2. The molecule has 0 aliphatic carbocycles. The van der Waals surface area contributed by atoms with Crippen LogP contribution >= 0.6 is 0 Å². The van der Waals surface area contributed by atoms with Crippen molar-refractivity contribution >= 4 is 11.6 Å². The van der Waals surface area contributed by atoms with Crippen LogP contribution in [-0.4, -0.2) is 36.1 Å². The predicted molar refractivity (Wildman–Crippen MR) is 138 cm³/mol. The van der Waals surface area contributed by atoms with Crippen LogP contribution in [0.1, 0.15) is 47.1 Å². The van der Waals surface area contributed by atoms with E-state index in [0.717, 1.165) is 69.3 Å². The first-order chi connectivity index (χ1) is 16.8. The Bertz CT molecular complexity index is 1130. The molecule has 0 saturated carbocycles. The monoisotopic (exact) mass is 451 g/mol. The smallest absolute Gasteiger partial charge is 0.149 e. The summed E-state index contributed by atoms with van der Waals surface area (Å²) in [7, 11) is 0. The molecule has 174 valence electrons. The molecule has 5 heteroatoms. The molecule has 0 unspecified atom stereocenters. The highest BCUT2D eigenvalue weighted by molar-refractivity contribution is 5.67. The van der Waals surface area contributed by atoms with E-state index in [4.69, 9.17) is 4.98 Å². The first-order valence-electron chi connectivity index (χ1n) is 12.6. The van der Waals surface area contributed by atoms with E-state index in [1.165, 1.54) is 41.5 Å². The molecule has 1 saturated heterocycles. The minimum atomic E-state index is 0.796. The third-order valence-corrected chi connectivity index (χ3v) is 7.02. The van der Waals surface area contributed by atoms with Crippen molar-refractivity contribution in [2.45, 2.75) is 45.2 Å². The molecule has 0 atom stereocenters. The van der Waals surface area contributed by atoms with Crippen molar-refractivity contribution in [3.05, 3.63) is 88.5 Å². The van der Waals surface area contributed by atoms with Gasteiger partial charge in [0.25, 0.3) is 0 Å². The van der Waals surface area contributed by atoms with Crippen LogP contribution in [0.15, 0.2) is 60.7 Å². The third-order valence-electron chi connectivity index (χ3n) is 7.02. The first kappa shape index (κ1) is 22.4. The van der Waals surface area contributed by atoms with Gasteiger partial charge >= 0.3 is 0 Å². The van der Waals surface area contributed by atoms with Gasteiger partial charge in [0.05, 0.1) is 5.56 Å². The lowest BCUT2D eigenvalue weighted by Crippen LogP contribution is -2.35. The number of hydrogen-bond donors (Lipinski definition) is 1. The molecular weight excluding hydrogens is 418 g/mol. The second-order valence-electron chi connectivity index (χ2n) is 9.38. The molecule has 0 radical (unpaired) electrons. The van der Waals surface area contributed by atoms with Crippen molar-refractivity contribution in [1.29, 1.82) is 5.26 Å². The summed E-state index contributed by atoms with van der Waals surface area (Å²) in [5, 5.41) is 13.8. The Morgan fingerprint density at radius 1 is 0.853 bits per heavy atom. The Labute approximate surface area is 203 Å². The highest BCUT2D eigenvalue weighted by Crippen LogP contribution is 2.34. The molecule has 3 heterocycles. The summed E-state index contributed by atoms with van der Waals surface area (Å²) in [6, 6.07) is 23.8. The fourth-order valence-electron chi connectivity index (χ4n) is 5.22. The van der Waals surface area contributed by atoms with Gasteiger partial charge in [-0.05, 0) is 48.8 Å². The second-order valence-corrected chi connectivity index (χ2v) is 9.38. The van der Waals surface area contributed by atoms with E-state index >= 15 is 0 Å². The van der Waals surface area contributed by atoms with Gasteiger partial charge in [-0.25, -0.2) is 4.98 Å². The number of hydrogen-bond acceptors (Lipinski definition) is 5.